The van der Waals surface area contributed by atoms with Gasteiger partial charge in [-0.1, -0.05) is 0 Å². The van der Waals surface area contributed by atoms with Crippen LogP contribution in [0.25, 0.3) is 6.08 Å². The van der Waals surface area contributed by atoms with Gasteiger partial charge in [-0.3, -0.25) is 10.00 Å². The largest absolute Gasteiger partial charge is 0.464 e. The zero-order valence-electron chi connectivity index (χ0n) is 13.8. The first kappa shape index (κ1) is 17.7. The molecular weight excluding hydrogens is 286 g/mol. The topological polar surface area (TPSA) is 82.5 Å². The van der Waals surface area contributed by atoms with E-state index in [0.717, 1.165) is 0 Å². The van der Waals surface area contributed by atoms with Gasteiger partial charge >= 0.3 is 12.1 Å². The van der Waals surface area contributed by atoms with Gasteiger partial charge in [-0.2, -0.15) is 5.10 Å². The number of amides is 1. The molecule has 0 aliphatic rings. The van der Waals surface area contributed by atoms with Gasteiger partial charge in [0.25, 0.3) is 0 Å². The molecule has 1 rings (SSSR count). The Morgan fingerprint density at radius 2 is 2.00 bits per heavy atom. The second-order valence-electron chi connectivity index (χ2n) is 6.02. The van der Waals surface area contributed by atoms with Crippen molar-refractivity contribution in [3.63, 3.8) is 0 Å². The van der Waals surface area contributed by atoms with E-state index in [1.54, 1.807) is 37.8 Å². The maximum atomic E-state index is 11.8. The monoisotopic (exact) mass is 309 g/mol. The summed E-state index contributed by atoms with van der Waals surface area (Å²) >= 11 is 0. The number of alkyl carbamates (subject to hydrolysis) is 1. The summed E-state index contributed by atoms with van der Waals surface area (Å²) in [6, 6.07) is 0.197. The zero-order valence-corrected chi connectivity index (χ0v) is 13.8. The van der Waals surface area contributed by atoms with Gasteiger partial charge in [-0.15, -0.1) is 0 Å². The van der Waals surface area contributed by atoms with E-state index in [-0.39, 0.29) is 11.7 Å². The molecule has 0 saturated heterocycles. The summed E-state index contributed by atoms with van der Waals surface area (Å²) in [5, 5.41) is 6.57. The molecule has 7 heteroatoms. The van der Waals surface area contributed by atoms with Crippen molar-refractivity contribution in [3.05, 3.63) is 23.7 Å². The smallest absolute Gasteiger partial charge is 0.412 e. The molecule has 0 saturated carbocycles. The highest BCUT2D eigenvalue weighted by atomic mass is 16.6. The number of hydrogen-bond donors (Lipinski definition) is 1. The molecule has 1 heterocycles. The summed E-state index contributed by atoms with van der Waals surface area (Å²) in [5.41, 5.74) is -0.00128. The Kier molecular flexibility index (Phi) is 5.73. The molecule has 0 aliphatic carbocycles. The van der Waals surface area contributed by atoms with Crippen LogP contribution in [0.3, 0.4) is 0 Å². The minimum atomic E-state index is -0.722. The maximum Gasteiger partial charge on any atom is 0.412 e. The lowest BCUT2D eigenvalue weighted by molar-refractivity contribution is -0.136. The van der Waals surface area contributed by atoms with Crippen LogP contribution in [0, 0.1) is 0 Å². The Hall–Kier alpha value is -2.31. The molecule has 0 bridgehead atoms. The average Bonchev–Trinajstić information content (AvgIpc) is 2.83. The summed E-state index contributed by atoms with van der Waals surface area (Å²) in [4.78, 5) is 23.6. The fourth-order valence-corrected chi connectivity index (χ4v) is 1.55. The Labute approximate surface area is 130 Å². The minimum absolute atomic E-state index is 0.0138. The molecule has 1 N–H and O–H groups in total. The van der Waals surface area contributed by atoms with Gasteiger partial charge in [0.2, 0.25) is 0 Å². The van der Waals surface area contributed by atoms with Gasteiger partial charge in [0, 0.05) is 17.8 Å². The van der Waals surface area contributed by atoms with E-state index in [9.17, 15) is 9.59 Å². The Balaban J connectivity index is 2.94. The molecule has 1 amide bonds. The molecule has 7 nitrogen and oxygen atoms in total. The van der Waals surface area contributed by atoms with Crippen LogP contribution >= 0.6 is 0 Å². The van der Waals surface area contributed by atoms with Crippen LogP contribution in [0.15, 0.2) is 18.1 Å². The van der Waals surface area contributed by atoms with E-state index in [1.807, 2.05) is 13.8 Å². The van der Waals surface area contributed by atoms with Gasteiger partial charge in [0.1, 0.15) is 11.3 Å². The van der Waals surface area contributed by atoms with Crippen LogP contribution in [0.4, 0.5) is 4.79 Å². The first-order valence-corrected chi connectivity index (χ1v) is 6.96. The molecule has 0 radical (unpaired) electrons. The number of carbonyl (C=O) groups excluding carboxylic acids is 2. The number of hydrogen-bond acceptors (Lipinski definition) is 5. The van der Waals surface area contributed by atoms with E-state index < -0.39 is 17.7 Å². The van der Waals surface area contributed by atoms with Crippen molar-refractivity contribution in [2.24, 2.45) is 0 Å². The predicted molar refractivity (Wildman–Crippen MR) is 82.0 cm³/mol. The van der Waals surface area contributed by atoms with Gasteiger partial charge in [-0.05, 0) is 40.7 Å². The third-order valence-electron chi connectivity index (χ3n) is 2.50. The molecule has 0 spiro atoms. The first-order chi connectivity index (χ1) is 10.1. The second kappa shape index (κ2) is 7.11. The van der Waals surface area contributed by atoms with Crippen LogP contribution in [-0.4, -0.2) is 34.6 Å². The summed E-state index contributed by atoms with van der Waals surface area (Å²) in [6.07, 6.45) is 4.13. The highest BCUT2D eigenvalue weighted by Gasteiger charge is 2.20. The molecule has 0 aromatic carbocycles. The maximum absolute atomic E-state index is 11.8. The third-order valence-corrected chi connectivity index (χ3v) is 2.50. The van der Waals surface area contributed by atoms with Crippen molar-refractivity contribution in [1.82, 2.24) is 15.1 Å². The van der Waals surface area contributed by atoms with Crippen molar-refractivity contribution in [2.75, 3.05) is 7.11 Å². The summed E-state index contributed by atoms with van der Waals surface area (Å²) in [5.74, 6) is -0.664. The van der Waals surface area contributed by atoms with Crippen molar-refractivity contribution in [3.8, 4) is 0 Å². The third kappa shape index (κ3) is 5.59. The van der Waals surface area contributed by atoms with Crippen LogP contribution in [0.2, 0.25) is 0 Å². The van der Waals surface area contributed by atoms with E-state index in [2.05, 4.69) is 15.2 Å². The molecule has 1 aromatic heterocycles. The SMILES string of the molecule is COC(=O)/C(=C/c1cnn(C(C)C)c1)NC(=O)OC(C)(C)C. The first-order valence-electron chi connectivity index (χ1n) is 6.96. The van der Waals surface area contributed by atoms with Gasteiger partial charge < -0.3 is 9.47 Å². The lowest BCUT2D eigenvalue weighted by Crippen LogP contribution is -2.34. The van der Waals surface area contributed by atoms with Crippen LogP contribution in [0.1, 0.15) is 46.2 Å². The van der Waals surface area contributed by atoms with Crippen LogP contribution < -0.4 is 5.32 Å². The lowest BCUT2D eigenvalue weighted by Gasteiger charge is -2.20. The van der Waals surface area contributed by atoms with Crippen LogP contribution in [-0.2, 0) is 14.3 Å². The molecule has 0 aliphatic heterocycles. The number of nitrogens with one attached hydrogen (secondary N) is 1. The molecule has 122 valence electrons. The van der Waals surface area contributed by atoms with Crippen LogP contribution in [0.5, 0.6) is 0 Å². The predicted octanol–water partition coefficient (Wildman–Crippen LogP) is 2.50. The molecule has 0 atom stereocenters. The fourth-order valence-electron chi connectivity index (χ4n) is 1.55. The number of methoxy groups -OCH3 is 1. The standard InChI is InChI=1S/C15H23N3O4/c1-10(2)18-9-11(8-16-18)7-12(13(19)21-6)17-14(20)22-15(3,4)5/h7-10H,1-6H3,(H,17,20)/b12-7-. The normalized spacial score (nSPS) is 12.2. The lowest BCUT2D eigenvalue weighted by atomic mass is 10.2. The highest BCUT2D eigenvalue weighted by molar-refractivity contribution is 5.96. The summed E-state index contributed by atoms with van der Waals surface area (Å²) < 4.78 is 11.5. The number of aromatic nitrogens is 2. The zero-order chi connectivity index (χ0) is 16.9. The number of ether oxygens (including phenoxy) is 2. The number of carbonyl (C=O) groups is 2. The van der Waals surface area contributed by atoms with E-state index in [1.165, 1.54) is 13.2 Å². The van der Waals surface area contributed by atoms with Crippen molar-refractivity contribution in [2.45, 2.75) is 46.3 Å². The quantitative estimate of drug-likeness (QED) is 0.682. The molecular formula is C15H23N3O4. The van der Waals surface area contributed by atoms with Gasteiger partial charge in [0.05, 0.1) is 13.3 Å². The number of rotatable bonds is 4. The highest BCUT2D eigenvalue weighted by Crippen LogP contribution is 2.11. The molecule has 22 heavy (non-hydrogen) atoms. The Morgan fingerprint density at radius 1 is 1.36 bits per heavy atom. The average molecular weight is 309 g/mol. The minimum Gasteiger partial charge on any atom is -0.464 e. The number of esters is 1. The summed E-state index contributed by atoms with van der Waals surface area (Å²) in [7, 11) is 1.24. The van der Waals surface area contributed by atoms with E-state index in [4.69, 9.17) is 4.74 Å². The Morgan fingerprint density at radius 3 is 2.45 bits per heavy atom. The fraction of sp³-hybridized carbons (Fsp3) is 0.533. The van der Waals surface area contributed by atoms with E-state index >= 15 is 0 Å². The van der Waals surface area contributed by atoms with Gasteiger partial charge in [-0.25, -0.2) is 9.59 Å². The summed E-state index contributed by atoms with van der Waals surface area (Å²) in [6.45, 7) is 9.18. The molecule has 1 aromatic rings. The number of nitrogens with zero attached hydrogens (tertiary/aromatic N) is 2. The van der Waals surface area contributed by atoms with Crippen molar-refractivity contribution in [1.29, 1.82) is 0 Å². The second-order valence-corrected chi connectivity index (χ2v) is 6.02. The van der Waals surface area contributed by atoms with Crippen molar-refractivity contribution < 1.29 is 19.1 Å². The molecule has 0 fully saturated rings. The molecule has 0 unspecified atom stereocenters. The van der Waals surface area contributed by atoms with Crippen molar-refractivity contribution >= 4 is 18.1 Å². The Bertz CT molecular complexity index is 568. The van der Waals surface area contributed by atoms with E-state index in [0.29, 0.717) is 5.56 Å². The van der Waals surface area contributed by atoms with Gasteiger partial charge in [0.15, 0.2) is 0 Å².